The summed E-state index contributed by atoms with van der Waals surface area (Å²) < 4.78 is 13.3. The lowest BCUT2D eigenvalue weighted by Gasteiger charge is -2.43. The number of amides is 2. The van der Waals surface area contributed by atoms with Gasteiger partial charge in [0.25, 0.3) is 0 Å². The molecule has 1 unspecified atom stereocenters. The summed E-state index contributed by atoms with van der Waals surface area (Å²) in [5.74, 6) is -0.216. The molecule has 2 aliphatic rings. The van der Waals surface area contributed by atoms with Gasteiger partial charge in [0.05, 0.1) is 6.04 Å². The van der Waals surface area contributed by atoms with Gasteiger partial charge in [-0.1, -0.05) is 31.4 Å². The second-order valence-corrected chi connectivity index (χ2v) is 8.14. The molecule has 5 heteroatoms. The number of benzene rings is 1. The molecule has 0 spiro atoms. The van der Waals surface area contributed by atoms with Crippen LogP contribution >= 0.6 is 0 Å². The van der Waals surface area contributed by atoms with Crippen molar-refractivity contribution in [2.24, 2.45) is 0 Å². The Balaban J connectivity index is 1.47. The maximum atomic E-state index is 13.3. The zero-order valence-corrected chi connectivity index (χ0v) is 16.2. The van der Waals surface area contributed by atoms with E-state index in [1.165, 1.54) is 12.1 Å². The Bertz CT molecular complexity index is 789. The molecule has 2 aromatic rings. The first-order chi connectivity index (χ1) is 13.7. The molecular formula is C23H28FN3O. The lowest BCUT2D eigenvalue weighted by atomic mass is 9.64. The summed E-state index contributed by atoms with van der Waals surface area (Å²) in [5, 5.41) is 3.21. The number of hydrogen-bond acceptors (Lipinski definition) is 2. The van der Waals surface area contributed by atoms with E-state index in [0.29, 0.717) is 6.54 Å². The van der Waals surface area contributed by atoms with Crippen LogP contribution in [0.2, 0.25) is 0 Å². The average Bonchev–Trinajstić information content (AvgIpc) is 2.95. The topological polar surface area (TPSA) is 45.2 Å². The summed E-state index contributed by atoms with van der Waals surface area (Å²) in [7, 11) is 0. The Labute approximate surface area is 166 Å². The quantitative estimate of drug-likeness (QED) is 0.813. The van der Waals surface area contributed by atoms with Crippen LogP contribution in [-0.2, 0) is 5.41 Å². The number of halogens is 1. The maximum absolute atomic E-state index is 13.3. The van der Waals surface area contributed by atoms with E-state index in [0.717, 1.165) is 62.6 Å². The lowest BCUT2D eigenvalue weighted by molar-refractivity contribution is 0.165. The van der Waals surface area contributed by atoms with Crippen molar-refractivity contribution in [1.82, 2.24) is 15.2 Å². The highest BCUT2D eigenvalue weighted by Crippen LogP contribution is 2.43. The summed E-state index contributed by atoms with van der Waals surface area (Å²) in [6.45, 7) is 1.39. The van der Waals surface area contributed by atoms with Crippen LogP contribution in [0.1, 0.15) is 62.1 Å². The van der Waals surface area contributed by atoms with Crippen LogP contribution < -0.4 is 5.32 Å². The highest BCUT2D eigenvalue weighted by Gasteiger charge is 2.39. The van der Waals surface area contributed by atoms with Crippen molar-refractivity contribution in [3.63, 3.8) is 0 Å². The van der Waals surface area contributed by atoms with Gasteiger partial charge < -0.3 is 10.2 Å². The summed E-state index contributed by atoms with van der Waals surface area (Å²) >= 11 is 0. The predicted octanol–water partition coefficient (Wildman–Crippen LogP) is 4.97. The van der Waals surface area contributed by atoms with E-state index in [4.69, 9.17) is 0 Å². The van der Waals surface area contributed by atoms with Crippen LogP contribution in [0.3, 0.4) is 0 Å². The molecular weight excluding hydrogens is 353 g/mol. The highest BCUT2D eigenvalue weighted by atomic mass is 19.1. The van der Waals surface area contributed by atoms with Gasteiger partial charge in [0, 0.05) is 30.9 Å². The molecule has 1 saturated carbocycles. The van der Waals surface area contributed by atoms with E-state index in [1.807, 2.05) is 29.2 Å². The number of hydrogen-bond donors (Lipinski definition) is 1. The fourth-order valence-electron chi connectivity index (χ4n) is 4.60. The average molecular weight is 381 g/mol. The zero-order chi connectivity index (χ0) is 19.4. The number of carbonyl (C=O) groups is 1. The Morgan fingerprint density at radius 2 is 1.82 bits per heavy atom. The van der Waals surface area contributed by atoms with Crippen molar-refractivity contribution in [3.8, 4) is 0 Å². The Morgan fingerprint density at radius 1 is 1.07 bits per heavy atom. The number of nitrogens with one attached hydrogen (secondary N) is 1. The van der Waals surface area contributed by atoms with Crippen molar-refractivity contribution >= 4 is 6.03 Å². The molecule has 2 fully saturated rings. The van der Waals surface area contributed by atoms with Crippen molar-refractivity contribution in [2.75, 3.05) is 13.1 Å². The number of urea groups is 1. The van der Waals surface area contributed by atoms with Crippen LogP contribution in [0.25, 0.3) is 0 Å². The third-order valence-corrected chi connectivity index (χ3v) is 6.45. The van der Waals surface area contributed by atoms with Gasteiger partial charge in [0.1, 0.15) is 5.82 Å². The summed E-state index contributed by atoms with van der Waals surface area (Å²) in [6, 6.07) is 10.9. The molecule has 1 aromatic carbocycles. The van der Waals surface area contributed by atoms with E-state index >= 15 is 0 Å². The standard InChI is InChI=1S/C23H28FN3O/c24-20-8-6-19(7-9-20)23(12-4-13-23)17-26-22(28)27-16-3-1-2-5-21(27)18-10-14-25-15-11-18/h6-11,14-15,21H,1-5,12-13,16-17H2,(H,26,28). The molecule has 0 bridgehead atoms. The number of nitrogens with zero attached hydrogens (tertiary/aromatic N) is 2. The Hall–Kier alpha value is -2.43. The zero-order valence-electron chi connectivity index (χ0n) is 16.2. The molecule has 1 saturated heterocycles. The van der Waals surface area contributed by atoms with Crippen molar-refractivity contribution in [2.45, 2.75) is 56.4 Å². The van der Waals surface area contributed by atoms with E-state index in [9.17, 15) is 9.18 Å². The molecule has 28 heavy (non-hydrogen) atoms. The monoisotopic (exact) mass is 381 g/mol. The normalized spacial score (nSPS) is 21.5. The summed E-state index contributed by atoms with van der Waals surface area (Å²) in [5.41, 5.74) is 2.23. The number of pyridine rings is 1. The third kappa shape index (κ3) is 3.89. The molecule has 1 N–H and O–H groups in total. The number of aromatic nitrogens is 1. The first-order valence-corrected chi connectivity index (χ1v) is 10.4. The van der Waals surface area contributed by atoms with Crippen LogP contribution in [0, 0.1) is 5.82 Å². The lowest BCUT2D eigenvalue weighted by Crippen LogP contribution is -2.50. The summed E-state index contributed by atoms with van der Waals surface area (Å²) in [4.78, 5) is 19.3. The second kappa shape index (κ2) is 8.29. The van der Waals surface area contributed by atoms with Crippen LogP contribution in [0.5, 0.6) is 0 Å². The molecule has 0 radical (unpaired) electrons. The van der Waals surface area contributed by atoms with Gasteiger partial charge in [-0.3, -0.25) is 4.98 Å². The molecule has 1 aliphatic heterocycles. The molecule has 2 amide bonds. The molecule has 2 heterocycles. The third-order valence-electron chi connectivity index (χ3n) is 6.45. The molecule has 4 rings (SSSR count). The van der Waals surface area contributed by atoms with Crippen LogP contribution in [0.15, 0.2) is 48.8 Å². The van der Waals surface area contributed by atoms with Gasteiger partial charge in [-0.05, 0) is 61.1 Å². The van der Waals surface area contributed by atoms with Gasteiger partial charge in [0.2, 0.25) is 0 Å². The van der Waals surface area contributed by atoms with Gasteiger partial charge in [0.15, 0.2) is 0 Å². The number of likely N-dealkylation sites (tertiary alicyclic amines) is 1. The molecule has 1 atom stereocenters. The molecule has 4 nitrogen and oxygen atoms in total. The minimum atomic E-state index is -0.216. The molecule has 1 aliphatic carbocycles. The fourth-order valence-corrected chi connectivity index (χ4v) is 4.60. The predicted molar refractivity (Wildman–Crippen MR) is 107 cm³/mol. The van der Waals surface area contributed by atoms with Crippen LogP contribution in [0.4, 0.5) is 9.18 Å². The van der Waals surface area contributed by atoms with Crippen LogP contribution in [-0.4, -0.2) is 29.0 Å². The summed E-state index contributed by atoms with van der Waals surface area (Å²) in [6.07, 6.45) is 11.1. The van der Waals surface area contributed by atoms with E-state index in [-0.39, 0.29) is 23.3 Å². The maximum Gasteiger partial charge on any atom is 0.317 e. The van der Waals surface area contributed by atoms with E-state index in [2.05, 4.69) is 10.3 Å². The first-order valence-electron chi connectivity index (χ1n) is 10.4. The second-order valence-electron chi connectivity index (χ2n) is 8.14. The van der Waals surface area contributed by atoms with Crippen molar-refractivity contribution < 1.29 is 9.18 Å². The fraction of sp³-hybridized carbons (Fsp3) is 0.478. The van der Waals surface area contributed by atoms with Gasteiger partial charge >= 0.3 is 6.03 Å². The Morgan fingerprint density at radius 3 is 2.50 bits per heavy atom. The number of rotatable bonds is 4. The highest BCUT2D eigenvalue weighted by molar-refractivity contribution is 5.75. The minimum absolute atomic E-state index is 0.0112. The Kier molecular flexibility index (Phi) is 5.60. The SMILES string of the molecule is O=C(NCC1(c2ccc(F)cc2)CCC1)N1CCCCCC1c1ccncc1. The van der Waals surface area contributed by atoms with Gasteiger partial charge in [-0.25, -0.2) is 9.18 Å². The largest absolute Gasteiger partial charge is 0.337 e. The van der Waals surface area contributed by atoms with E-state index in [1.54, 1.807) is 12.4 Å². The van der Waals surface area contributed by atoms with Crippen molar-refractivity contribution in [3.05, 3.63) is 65.7 Å². The minimum Gasteiger partial charge on any atom is -0.337 e. The molecule has 148 valence electrons. The smallest absolute Gasteiger partial charge is 0.317 e. The van der Waals surface area contributed by atoms with E-state index < -0.39 is 0 Å². The van der Waals surface area contributed by atoms with Gasteiger partial charge in [-0.15, -0.1) is 0 Å². The van der Waals surface area contributed by atoms with Gasteiger partial charge in [-0.2, -0.15) is 0 Å². The first kappa shape index (κ1) is 18.9. The number of carbonyl (C=O) groups excluding carboxylic acids is 1. The molecule has 1 aromatic heterocycles. The van der Waals surface area contributed by atoms with Crippen molar-refractivity contribution in [1.29, 1.82) is 0 Å².